The summed E-state index contributed by atoms with van der Waals surface area (Å²) < 4.78 is 13.1. The van der Waals surface area contributed by atoms with Crippen molar-refractivity contribution in [2.24, 2.45) is 5.41 Å². The predicted molar refractivity (Wildman–Crippen MR) is 58.2 cm³/mol. The molecule has 92 valence electrons. The van der Waals surface area contributed by atoms with Crippen LogP contribution in [0, 0.1) is 21.3 Å². The van der Waals surface area contributed by atoms with E-state index in [0.717, 1.165) is 12.1 Å². The lowest BCUT2D eigenvalue weighted by Gasteiger charge is -2.18. The number of rotatable bonds is 4. The molecule has 5 nitrogen and oxygen atoms in total. The minimum absolute atomic E-state index is 0.101. The van der Waals surface area contributed by atoms with E-state index in [1.165, 1.54) is 19.9 Å². The topological polar surface area (TPSA) is 80.4 Å². The molecule has 1 aromatic carbocycles. The Kier molecular flexibility index (Phi) is 3.45. The van der Waals surface area contributed by atoms with Crippen molar-refractivity contribution in [1.29, 1.82) is 0 Å². The van der Waals surface area contributed by atoms with Gasteiger partial charge in [-0.05, 0) is 31.9 Å². The lowest BCUT2D eigenvalue weighted by Crippen LogP contribution is -2.26. The van der Waals surface area contributed by atoms with E-state index >= 15 is 0 Å². The summed E-state index contributed by atoms with van der Waals surface area (Å²) in [7, 11) is 0. The smallest absolute Gasteiger partial charge is 0.309 e. The first-order valence-electron chi connectivity index (χ1n) is 4.90. The van der Waals surface area contributed by atoms with Crippen LogP contribution in [0.3, 0.4) is 0 Å². The van der Waals surface area contributed by atoms with Crippen molar-refractivity contribution in [3.8, 4) is 0 Å². The summed E-state index contributed by atoms with van der Waals surface area (Å²) in [6.07, 6.45) is 0.101. The molecule has 17 heavy (non-hydrogen) atoms. The Morgan fingerprint density at radius 1 is 1.53 bits per heavy atom. The van der Waals surface area contributed by atoms with E-state index in [9.17, 15) is 19.3 Å². The normalized spacial score (nSPS) is 11.2. The van der Waals surface area contributed by atoms with Gasteiger partial charge in [0, 0.05) is 6.07 Å². The molecule has 0 bridgehead atoms. The molecule has 1 rings (SSSR count). The Hall–Kier alpha value is -1.98. The van der Waals surface area contributed by atoms with Crippen LogP contribution in [0.25, 0.3) is 0 Å². The SMILES string of the molecule is CC(C)(Cc1ccc(F)c([N+](=O)[O-])c1)C(=O)O. The molecule has 0 atom stereocenters. The average Bonchev–Trinajstić information content (AvgIpc) is 2.20. The molecule has 6 heteroatoms. The number of carbonyl (C=O) groups is 1. The van der Waals surface area contributed by atoms with Gasteiger partial charge in [0.15, 0.2) is 0 Å². The molecule has 0 aliphatic carbocycles. The zero-order valence-corrected chi connectivity index (χ0v) is 9.44. The van der Waals surface area contributed by atoms with Gasteiger partial charge in [-0.15, -0.1) is 0 Å². The van der Waals surface area contributed by atoms with Crippen LogP contribution in [0.4, 0.5) is 10.1 Å². The first-order chi connectivity index (χ1) is 7.74. The van der Waals surface area contributed by atoms with Gasteiger partial charge >= 0.3 is 11.7 Å². The predicted octanol–water partition coefficient (Wildman–Crippen LogP) is 2.39. The van der Waals surface area contributed by atoms with Gasteiger partial charge in [0.2, 0.25) is 5.82 Å². The number of nitro benzene ring substituents is 1. The fraction of sp³-hybridized carbons (Fsp3) is 0.364. The van der Waals surface area contributed by atoms with Crippen LogP contribution < -0.4 is 0 Å². The molecule has 0 spiro atoms. The molecule has 0 radical (unpaired) electrons. The van der Waals surface area contributed by atoms with E-state index in [0.29, 0.717) is 5.56 Å². The number of carboxylic acids is 1. The van der Waals surface area contributed by atoms with Gasteiger partial charge in [0.05, 0.1) is 10.3 Å². The Morgan fingerprint density at radius 2 is 2.12 bits per heavy atom. The number of benzene rings is 1. The highest BCUT2D eigenvalue weighted by Gasteiger charge is 2.28. The molecule has 1 aromatic rings. The van der Waals surface area contributed by atoms with E-state index < -0.39 is 27.8 Å². The Morgan fingerprint density at radius 3 is 2.59 bits per heavy atom. The first-order valence-corrected chi connectivity index (χ1v) is 4.90. The summed E-state index contributed by atoms with van der Waals surface area (Å²) in [5.74, 6) is -1.93. The monoisotopic (exact) mass is 241 g/mol. The van der Waals surface area contributed by atoms with Crippen LogP contribution in [0.5, 0.6) is 0 Å². The maximum absolute atomic E-state index is 13.1. The quantitative estimate of drug-likeness (QED) is 0.648. The summed E-state index contributed by atoms with van der Waals surface area (Å²) in [6, 6.07) is 3.40. The number of halogens is 1. The highest BCUT2D eigenvalue weighted by molar-refractivity contribution is 5.74. The molecule has 0 amide bonds. The molecular weight excluding hydrogens is 229 g/mol. The van der Waals surface area contributed by atoms with Gasteiger partial charge in [-0.1, -0.05) is 6.07 Å². The number of nitro groups is 1. The molecule has 0 aliphatic heterocycles. The van der Waals surface area contributed by atoms with E-state index in [1.54, 1.807) is 0 Å². The summed E-state index contributed by atoms with van der Waals surface area (Å²) in [5.41, 5.74) is -1.26. The van der Waals surface area contributed by atoms with E-state index in [4.69, 9.17) is 5.11 Å². The summed E-state index contributed by atoms with van der Waals surface area (Å²) in [6.45, 7) is 3.01. The molecule has 0 aromatic heterocycles. The van der Waals surface area contributed by atoms with Crippen LogP contribution in [0.2, 0.25) is 0 Å². The zero-order chi connectivity index (χ0) is 13.2. The highest BCUT2D eigenvalue weighted by Crippen LogP contribution is 2.25. The second kappa shape index (κ2) is 4.48. The van der Waals surface area contributed by atoms with Gasteiger partial charge in [-0.2, -0.15) is 4.39 Å². The number of aliphatic carboxylic acids is 1. The van der Waals surface area contributed by atoms with Crippen LogP contribution in [-0.4, -0.2) is 16.0 Å². The molecular formula is C11H12FNO4. The average molecular weight is 241 g/mol. The number of hydrogen-bond donors (Lipinski definition) is 1. The maximum atomic E-state index is 13.1. The van der Waals surface area contributed by atoms with Crippen molar-refractivity contribution < 1.29 is 19.2 Å². The molecule has 0 unspecified atom stereocenters. The van der Waals surface area contributed by atoms with Crippen LogP contribution >= 0.6 is 0 Å². The lowest BCUT2D eigenvalue weighted by molar-refractivity contribution is -0.387. The third kappa shape index (κ3) is 2.99. The minimum Gasteiger partial charge on any atom is -0.481 e. The fourth-order valence-electron chi connectivity index (χ4n) is 1.39. The largest absolute Gasteiger partial charge is 0.481 e. The lowest BCUT2D eigenvalue weighted by atomic mass is 9.86. The Bertz CT molecular complexity index is 471. The van der Waals surface area contributed by atoms with Crippen molar-refractivity contribution in [3.63, 3.8) is 0 Å². The van der Waals surface area contributed by atoms with Gasteiger partial charge in [0.1, 0.15) is 0 Å². The van der Waals surface area contributed by atoms with Gasteiger partial charge < -0.3 is 5.11 Å². The number of carboxylic acid groups (broad SMARTS) is 1. The number of hydrogen-bond acceptors (Lipinski definition) is 3. The summed E-state index contributed by atoms with van der Waals surface area (Å²) in [5, 5.41) is 19.5. The first kappa shape index (κ1) is 13.1. The van der Waals surface area contributed by atoms with Crippen LogP contribution in [-0.2, 0) is 11.2 Å². The zero-order valence-electron chi connectivity index (χ0n) is 9.44. The minimum atomic E-state index is -1.05. The van der Waals surface area contributed by atoms with Gasteiger partial charge in [0.25, 0.3) is 0 Å². The van der Waals surface area contributed by atoms with E-state index in [1.807, 2.05) is 0 Å². The second-order valence-electron chi connectivity index (χ2n) is 4.41. The van der Waals surface area contributed by atoms with Gasteiger partial charge in [-0.25, -0.2) is 0 Å². The number of nitrogens with zero attached hydrogens (tertiary/aromatic N) is 1. The molecule has 0 saturated carbocycles. The molecule has 0 heterocycles. The third-order valence-electron chi connectivity index (χ3n) is 2.43. The maximum Gasteiger partial charge on any atom is 0.309 e. The molecule has 0 aliphatic rings. The van der Waals surface area contributed by atoms with Crippen LogP contribution in [0.1, 0.15) is 19.4 Å². The van der Waals surface area contributed by atoms with E-state index in [2.05, 4.69) is 0 Å². The molecule has 0 fully saturated rings. The van der Waals surface area contributed by atoms with Crippen molar-refractivity contribution in [3.05, 3.63) is 39.7 Å². The highest BCUT2D eigenvalue weighted by atomic mass is 19.1. The standard InChI is InChI=1S/C11H12FNO4/c1-11(2,10(14)15)6-7-3-4-8(12)9(5-7)13(16)17/h3-5H,6H2,1-2H3,(H,14,15). The Labute approximate surface area is 97.0 Å². The second-order valence-corrected chi connectivity index (χ2v) is 4.41. The van der Waals surface area contributed by atoms with Gasteiger partial charge in [-0.3, -0.25) is 14.9 Å². The third-order valence-corrected chi connectivity index (χ3v) is 2.43. The molecule has 0 saturated heterocycles. The van der Waals surface area contributed by atoms with Crippen molar-refractivity contribution in [2.75, 3.05) is 0 Å². The van der Waals surface area contributed by atoms with Crippen molar-refractivity contribution in [2.45, 2.75) is 20.3 Å². The molecule has 1 N–H and O–H groups in total. The van der Waals surface area contributed by atoms with Crippen LogP contribution in [0.15, 0.2) is 18.2 Å². The Balaban J connectivity index is 3.05. The van der Waals surface area contributed by atoms with E-state index in [-0.39, 0.29) is 6.42 Å². The van der Waals surface area contributed by atoms with Crippen molar-refractivity contribution >= 4 is 11.7 Å². The van der Waals surface area contributed by atoms with Crippen molar-refractivity contribution in [1.82, 2.24) is 0 Å². The fourth-order valence-corrected chi connectivity index (χ4v) is 1.39. The summed E-state index contributed by atoms with van der Waals surface area (Å²) in [4.78, 5) is 20.6. The summed E-state index contributed by atoms with van der Waals surface area (Å²) >= 11 is 0.